The molecule has 0 aliphatic rings. The lowest BCUT2D eigenvalue weighted by atomic mass is 9.87. The molecule has 0 unspecified atom stereocenters. The molecule has 4 nitrogen and oxygen atoms in total. The fraction of sp³-hybridized carbons (Fsp3) is 0.156. The van der Waals surface area contributed by atoms with Crippen molar-refractivity contribution in [2.45, 2.75) is 46.4 Å². The van der Waals surface area contributed by atoms with Gasteiger partial charge in [0.2, 0.25) is 0 Å². The van der Waals surface area contributed by atoms with E-state index in [2.05, 4.69) is 105 Å². The van der Waals surface area contributed by atoms with Crippen molar-refractivity contribution in [2.24, 2.45) is 0 Å². The van der Waals surface area contributed by atoms with Crippen molar-refractivity contribution < 1.29 is 8.53 Å². The van der Waals surface area contributed by atoms with Gasteiger partial charge < -0.3 is 4.42 Å². The Kier molecular flexibility index (Phi) is 6.60. The number of para-hydroxylation sites is 3. The molecule has 0 fully saturated rings. The highest BCUT2D eigenvalue weighted by atomic mass is 16.3. The molecule has 238 valence electrons. The number of fused-ring (bicyclic) bond motifs is 4. The Morgan fingerprint density at radius 1 is 0.694 bits per heavy atom. The van der Waals surface area contributed by atoms with E-state index in [4.69, 9.17) is 13.5 Å². The van der Waals surface area contributed by atoms with Gasteiger partial charge in [0.1, 0.15) is 17.0 Å². The third kappa shape index (κ3) is 5.10. The van der Waals surface area contributed by atoms with Gasteiger partial charge in [0.05, 0.1) is 33.9 Å². The third-order valence-electron chi connectivity index (χ3n) is 9.52. The van der Waals surface area contributed by atoms with Crippen LogP contribution in [0.4, 0.5) is 0 Å². The summed E-state index contributed by atoms with van der Waals surface area (Å²) in [5, 5.41) is 11.4. The van der Waals surface area contributed by atoms with Crippen LogP contribution in [0.2, 0.25) is 0 Å². The predicted octanol–water partition coefficient (Wildman–Crippen LogP) is 12.4. The number of nitriles is 1. The lowest BCUT2D eigenvalue weighted by Crippen LogP contribution is -2.09. The Bertz CT molecular complexity index is 2650. The van der Waals surface area contributed by atoms with Crippen molar-refractivity contribution in [1.29, 1.82) is 5.26 Å². The van der Waals surface area contributed by atoms with Crippen LogP contribution in [0.25, 0.3) is 72.3 Å². The molecular formula is C45H37N3O. The first-order valence-electron chi connectivity index (χ1n) is 18.2. The summed E-state index contributed by atoms with van der Waals surface area (Å²) in [4.78, 5) is 5.25. The number of benzene rings is 6. The van der Waals surface area contributed by atoms with E-state index in [1.807, 2.05) is 42.5 Å². The minimum atomic E-state index is -2.45. The lowest BCUT2D eigenvalue weighted by Gasteiger charge is -2.24. The normalized spacial score (nSPS) is 12.9. The largest absolute Gasteiger partial charge is 0.455 e. The molecule has 0 saturated carbocycles. The van der Waals surface area contributed by atoms with Crippen molar-refractivity contribution in [3.8, 4) is 45.4 Å². The highest BCUT2D eigenvalue weighted by Gasteiger charge is 2.25. The molecular weight excluding hydrogens is 599 g/mol. The van der Waals surface area contributed by atoms with Crippen LogP contribution in [0.3, 0.4) is 0 Å². The average Bonchev–Trinajstić information content (AvgIpc) is 3.72. The maximum absolute atomic E-state index is 9.88. The topological polar surface area (TPSA) is 54.8 Å². The predicted molar refractivity (Wildman–Crippen MR) is 202 cm³/mol. The Morgan fingerprint density at radius 2 is 1.35 bits per heavy atom. The van der Waals surface area contributed by atoms with Gasteiger partial charge in [-0.25, -0.2) is 4.98 Å². The molecule has 0 bridgehead atoms. The molecule has 6 aromatic carbocycles. The number of imidazole rings is 1. The Labute approximate surface area is 291 Å². The van der Waals surface area contributed by atoms with Crippen LogP contribution < -0.4 is 0 Å². The number of furan rings is 1. The van der Waals surface area contributed by atoms with E-state index in [1.54, 1.807) is 6.07 Å². The molecule has 0 amide bonds. The molecule has 0 saturated heterocycles. The van der Waals surface area contributed by atoms with Crippen molar-refractivity contribution in [2.75, 3.05) is 0 Å². The van der Waals surface area contributed by atoms with Gasteiger partial charge in [-0.3, -0.25) is 4.57 Å². The molecule has 0 radical (unpaired) electrons. The number of nitrogens with zero attached hydrogens (tertiary/aromatic N) is 3. The SMILES string of the molecule is [2H]C([2H])([2H])c1cc2oc3c(-c4nc5ccccc5n4-c4c(C(C)C)cc(-c5ccc(-c6ccccc6)cc5)cc4C(C)C)cccc3c2cc1C#N. The fourth-order valence-electron chi connectivity index (χ4n) is 7.02. The molecule has 0 spiro atoms. The number of aryl methyl sites for hydroxylation is 1. The summed E-state index contributed by atoms with van der Waals surface area (Å²) < 4.78 is 32.9. The number of aromatic nitrogens is 2. The second kappa shape index (κ2) is 12.0. The first-order valence-corrected chi connectivity index (χ1v) is 16.7. The molecule has 0 aliphatic carbocycles. The highest BCUT2D eigenvalue weighted by molar-refractivity contribution is 6.10. The number of hydrogen-bond acceptors (Lipinski definition) is 3. The first kappa shape index (κ1) is 27.1. The smallest absolute Gasteiger partial charge is 0.149 e. The van der Waals surface area contributed by atoms with Gasteiger partial charge in [-0.15, -0.1) is 0 Å². The molecule has 0 aliphatic heterocycles. The lowest BCUT2D eigenvalue weighted by molar-refractivity contribution is 0.669. The standard InChI is InChI=1S/C45H37N3O/c1-27(2)37-23-33(32-20-18-31(19-21-32)30-12-7-6-8-13-30)24-38(28(3)4)43(37)48-41-17-10-9-16-40(41)47-45(48)36-15-11-14-35-39-25-34(26-46)29(5)22-42(39)49-44(35)36/h6-25,27-28H,1-5H3/i5D3. The minimum absolute atomic E-state index is 0.0201. The van der Waals surface area contributed by atoms with Crippen LogP contribution in [-0.2, 0) is 0 Å². The zero-order chi connectivity index (χ0) is 36.3. The third-order valence-corrected chi connectivity index (χ3v) is 9.52. The zero-order valence-electron chi connectivity index (χ0n) is 31.0. The quantitative estimate of drug-likeness (QED) is 0.182. The van der Waals surface area contributed by atoms with Crippen LogP contribution in [-0.4, -0.2) is 9.55 Å². The molecule has 4 heteroatoms. The van der Waals surface area contributed by atoms with Crippen LogP contribution in [0.15, 0.2) is 126 Å². The van der Waals surface area contributed by atoms with Crippen molar-refractivity contribution >= 4 is 33.0 Å². The summed E-state index contributed by atoms with van der Waals surface area (Å²) in [5.74, 6) is 1.11. The highest BCUT2D eigenvalue weighted by Crippen LogP contribution is 2.43. The molecule has 2 heterocycles. The van der Waals surface area contributed by atoms with E-state index in [-0.39, 0.29) is 23.0 Å². The summed E-state index contributed by atoms with van der Waals surface area (Å²) in [6, 6.07) is 43.2. The van der Waals surface area contributed by atoms with Crippen LogP contribution in [0, 0.1) is 18.2 Å². The van der Waals surface area contributed by atoms with Crippen LogP contribution in [0.5, 0.6) is 0 Å². The van der Waals surface area contributed by atoms with E-state index < -0.39 is 6.85 Å². The van der Waals surface area contributed by atoms with Crippen LogP contribution >= 0.6 is 0 Å². The number of hydrogen-bond donors (Lipinski definition) is 0. The first-order chi connectivity index (χ1) is 25.0. The fourth-order valence-corrected chi connectivity index (χ4v) is 7.02. The van der Waals surface area contributed by atoms with Gasteiger partial charge in [-0.1, -0.05) is 107 Å². The Balaban J connectivity index is 1.37. The molecule has 8 aromatic rings. The van der Waals surface area contributed by atoms with E-state index >= 15 is 0 Å². The summed E-state index contributed by atoms with van der Waals surface area (Å²) in [5.41, 5.74) is 11.9. The minimum Gasteiger partial charge on any atom is -0.455 e. The van der Waals surface area contributed by atoms with Gasteiger partial charge in [0.25, 0.3) is 0 Å². The van der Waals surface area contributed by atoms with E-state index in [1.165, 1.54) is 33.9 Å². The Morgan fingerprint density at radius 3 is 2.02 bits per heavy atom. The van der Waals surface area contributed by atoms with Crippen molar-refractivity contribution in [1.82, 2.24) is 9.55 Å². The van der Waals surface area contributed by atoms with Crippen molar-refractivity contribution in [3.63, 3.8) is 0 Å². The zero-order valence-corrected chi connectivity index (χ0v) is 28.0. The summed E-state index contributed by atoms with van der Waals surface area (Å²) in [7, 11) is 0. The van der Waals surface area contributed by atoms with Crippen LogP contribution in [0.1, 0.15) is 65.9 Å². The second-order valence-electron chi connectivity index (χ2n) is 13.3. The van der Waals surface area contributed by atoms with Gasteiger partial charge in [0.15, 0.2) is 0 Å². The number of rotatable bonds is 6. The molecule has 8 rings (SSSR count). The van der Waals surface area contributed by atoms with E-state index in [0.29, 0.717) is 16.6 Å². The molecule has 0 atom stereocenters. The molecule has 0 N–H and O–H groups in total. The molecule has 2 aromatic heterocycles. The average molecular weight is 639 g/mol. The second-order valence-corrected chi connectivity index (χ2v) is 13.3. The van der Waals surface area contributed by atoms with E-state index in [0.717, 1.165) is 39.1 Å². The maximum atomic E-state index is 9.88. The van der Waals surface area contributed by atoms with Gasteiger partial charge >= 0.3 is 0 Å². The Hall–Kier alpha value is -5.92. The summed E-state index contributed by atoms with van der Waals surface area (Å²) in [6.45, 7) is 6.49. The van der Waals surface area contributed by atoms with Gasteiger partial charge in [-0.2, -0.15) is 5.26 Å². The summed E-state index contributed by atoms with van der Waals surface area (Å²) in [6.07, 6.45) is 0. The molecule has 49 heavy (non-hydrogen) atoms. The monoisotopic (exact) mass is 638 g/mol. The summed E-state index contributed by atoms with van der Waals surface area (Å²) >= 11 is 0. The van der Waals surface area contributed by atoms with E-state index in [9.17, 15) is 5.26 Å². The maximum Gasteiger partial charge on any atom is 0.149 e. The van der Waals surface area contributed by atoms with Gasteiger partial charge in [0, 0.05) is 14.9 Å². The van der Waals surface area contributed by atoms with Gasteiger partial charge in [-0.05, 0) is 100 Å². The van der Waals surface area contributed by atoms with Crippen molar-refractivity contribution in [3.05, 3.63) is 144 Å².